The number of benzene rings is 1. The summed E-state index contributed by atoms with van der Waals surface area (Å²) in [5.74, 6) is -8.02. The van der Waals surface area contributed by atoms with Gasteiger partial charge in [-0.25, -0.2) is 4.79 Å². The first kappa shape index (κ1) is 49.1. The van der Waals surface area contributed by atoms with Crippen molar-refractivity contribution in [2.75, 3.05) is 19.7 Å². The number of hydrogen-bond acceptors (Lipinski definition) is 12. The van der Waals surface area contributed by atoms with Crippen molar-refractivity contribution in [2.45, 2.75) is 102 Å². The maximum Gasteiger partial charge on any atom is 0.326 e. The van der Waals surface area contributed by atoms with Gasteiger partial charge < -0.3 is 70.2 Å². The number of carboxylic acids is 1. The smallest absolute Gasteiger partial charge is 0.326 e. The molecule has 22 heteroatoms. The average molecular weight is 808 g/mol. The molecule has 17 N–H and O–H groups in total. The second kappa shape index (κ2) is 25.3. The number of rotatable bonds is 26. The van der Waals surface area contributed by atoms with E-state index in [4.69, 9.17) is 22.9 Å². The Hall–Kier alpha value is -5.87. The SMILES string of the molecule is CC(C)C[C@H](NC(=O)[C@H](CCCN=C(N)N)NC(=O)[C@H](CCC(N)=O)NC(=O)[C@@H](N)[C@@H](C)O)C(=O)N[C@@H](CO)C(=O)NCC(=O)N[C@@H](Cc1ccccc1)C(=O)O. The van der Waals surface area contributed by atoms with Gasteiger partial charge >= 0.3 is 5.97 Å². The number of aliphatic imine (C=N–C) groups is 1. The molecule has 57 heavy (non-hydrogen) atoms. The molecule has 0 aliphatic rings. The Morgan fingerprint density at radius 3 is 1.79 bits per heavy atom. The zero-order chi connectivity index (χ0) is 43.2. The summed E-state index contributed by atoms with van der Waals surface area (Å²) in [6, 6.07) is 0.0506. The van der Waals surface area contributed by atoms with Crippen molar-refractivity contribution in [1.29, 1.82) is 0 Å². The number of aliphatic carboxylic acids is 1. The summed E-state index contributed by atoms with van der Waals surface area (Å²) in [5, 5.41) is 43.5. The van der Waals surface area contributed by atoms with Crippen molar-refractivity contribution in [1.82, 2.24) is 31.9 Å². The summed E-state index contributed by atoms with van der Waals surface area (Å²) >= 11 is 0. The van der Waals surface area contributed by atoms with Gasteiger partial charge in [0.05, 0.1) is 19.3 Å². The van der Waals surface area contributed by atoms with Crippen LogP contribution in [0.5, 0.6) is 0 Å². The molecule has 0 spiro atoms. The fourth-order valence-corrected chi connectivity index (χ4v) is 5.11. The van der Waals surface area contributed by atoms with Crippen LogP contribution in [0.2, 0.25) is 0 Å². The zero-order valence-corrected chi connectivity index (χ0v) is 32.2. The van der Waals surface area contributed by atoms with E-state index in [1.54, 1.807) is 44.2 Å². The third-order valence-corrected chi connectivity index (χ3v) is 8.21. The Bertz CT molecular complexity index is 1560. The predicted molar refractivity (Wildman–Crippen MR) is 205 cm³/mol. The van der Waals surface area contributed by atoms with Gasteiger partial charge in [0, 0.05) is 19.4 Å². The Labute approximate surface area is 329 Å². The minimum atomic E-state index is -1.60. The van der Waals surface area contributed by atoms with Crippen LogP contribution < -0.4 is 54.8 Å². The van der Waals surface area contributed by atoms with Crippen molar-refractivity contribution in [3.63, 3.8) is 0 Å². The minimum Gasteiger partial charge on any atom is -0.480 e. The number of hydrogen-bond donors (Lipinski definition) is 13. The molecule has 0 fully saturated rings. The van der Waals surface area contributed by atoms with Gasteiger partial charge in [-0.2, -0.15) is 0 Å². The molecule has 0 radical (unpaired) electrons. The van der Waals surface area contributed by atoms with Gasteiger partial charge in [0.2, 0.25) is 41.4 Å². The average Bonchev–Trinajstić information content (AvgIpc) is 3.14. The molecule has 0 saturated carbocycles. The Morgan fingerprint density at radius 2 is 1.26 bits per heavy atom. The predicted octanol–water partition coefficient (Wildman–Crippen LogP) is -5.08. The van der Waals surface area contributed by atoms with Crippen LogP contribution in [0.1, 0.15) is 58.4 Å². The largest absolute Gasteiger partial charge is 0.480 e. The van der Waals surface area contributed by atoms with Crippen molar-refractivity contribution in [2.24, 2.45) is 33.8 Å². The number of carboxylic acid groups (broad SMARTS) is 1. The highest BCUT2D eigenvalue weighted by Crippen LogP contribution is 2.09. The number of amides is 7. The van der Waals surface area contributed by atoms with Crippen LogP contribution in [0.25, 0.3) is 0 Å². The molecule has 22 nitrogen and oxygen atoms in total. The van der Waals surface area contributed by atoms with E-state index in [0.717, 1.165) is 0 Å². The molecular formula is C35H57N11O11. The molecule has 1 aromatic carbocycles. The van der Waals surface area contributed by atoms with Gasteiger partial charge in [0.1, 0.15) is 36.3 Å². The summed E-state index contributed by atoms with van der Waals surface area (Å²) in [6.07, 6.45) is -1.89. The second-order valence-corrected chi connectivity index (χ2v) is 13.6. The van der Waals surface area contributed by atoms with Gasteiger partial charge in [0.15, 0.2) is 5.96 Å². The summed E-state index contributed by atoms with van der Waals surface area (Å²) < 4.78 is 0. The molecule has 7 atom stereocenters. The van der Waals surface area contributed by atoms with E-state index in [9.17, 15) is 53.7 Å². The lowest BCUT2D eigenvalue weighted by atomic mass is 10.0. The highest BCUT2D eigenvalue weighted by Gasteiger charge is 2.33. The molecule has 7 amide bonds. The van der Waals surface area contributed by atoms with E-state index in [2.05, 4.69) is 36.9 Å². The molecule has 0 heterocycles. The minimum absolute atomic E-state index is 0.0148. The van der Waals surface area contributed by atoms with Crippen LogP contribution in [0.4, 0.5) is 0 Å². The topological polar surface area (TPSA) is 386 Å². The number of nitrogens with two attached hydrogens (primary N) is 4. The summed E-state index contributed by atoms with van der Waals surface area (Å²) in [7, 11) is 0. The molecule has 0 unspecified atom stereocenters. The van der Waals surface area contributed by atoms with Crippen LogP contribution in [0, 0.1) is 5.92 Å². The van der Waals surface area contributed by atoms with Crippen LogP contribution in [-0.2, 0) is 44.8 Å². The normalized spacial score (nSPS) is 14.6. The number of nitrogens with one attached hydrogen (secondary N) is 6. The van der Waals surface area contributed by atoms with Crippen molar-refractivity contribution < 1.29 is 53.7 Å². The quantitative estimate of drug-likeness (QED) is 0.0237. The van der Waals surface area contributed by atoms with E-state index in [1.165, 1.54) is 6.92 Å². The van der Waals surface area contributed by atoms with E-state index >= 15 is 0 Å². The second-order valence-electron chi connectivity index (χ2n) is 13.6. The number of aliphatic hydroxyl groups is 2. The fraction of sp³-hybridized carbons (Fsp3) is 0.571. The van der Waals surface area contributed by atoms with Gasteiger partial charge in [0.25, 0.3) is 0 Å². The molecule has 0 aliphatic heterocycles. The van der Waals surface area contributed by atoms with Crippen LogP contribution in [0.15, 0.2) is 35.3 Å². The molecule has 0 aliphatic carbocycles. The maximum absolute atomic E-state index is 13.7. The van der Waals surface area contributed by atoms with E-state index in [0.29, 0.717) is 5.56 Å². The fourth-order valence-electron chi connectivity index (χ4n) is 5.11. The van der Waals surface area contributed by atoms with Crippen LogP contribution >= 0.6 is 0 Å². The number of aliphatic hydroxyl groups excluding tert-OH is 2. The standard InChI is InChI=1S/C35H57N11O11/c1-18(2)14-23(32(54)46-25(17-47)29(51)41-16-27(50)42-24(34(56)57)15-20-8-5-4-6-9-20)45-30(52)21(10-7-13-40-35(38)39)43-31(53)22(11-12-26(36)49)44-33(55)28(37)19(3)48/h4-6,8-9,18-19,21-25,28,47-48H,7,10-17,37H2,1-3H3,(H2,36,49)(H,41,51)(H,42,50)(H,43,53)(H,44,55)(H,45,52)(H,46,54)(H,56,57)(H4,38,39,40)/t19-,21+,22+,23+,24+,25+,28+/m1/s1. The summed E-state index contributed by atoms with van der Waals surface area (Å²) in [6.45, 7) is 3.16. The number of primary amides is 1. The van der Waals surface area contributed by atoms with Gasteiger partial charge in [-0.05, 0) is 44.1 Å². The number of nitrogens with zero attached hydrogens (tertiary/aromatic N) is 1. The summed E-state index contributed by atoms with van der Waals surface area (Å²) in [4.78, 5) is 106. The van der Waals surface area contributed by atoms with E-state index in [1.807, 2.05) is 0 Å². The van der Waals surface area contributed by atoms with Crippen molar-refractivity contribution in [3.05, 3.63) is 35.9 Å². The zero-order valence-electron chi connectivity index (χ0n) is 32.2. The number of carbonyl (C=O) groups is 8. The first-order chi connectivity index (χ1) is 26.7. The Kier molecular flexibility index (Phi) is 21.8. The molecule has 0 bridgehead atoms. The highest BCUT2D eigenvalue weighted by atomic mass is 16.4. The molecule has 1 aromatic rings. The molecule has 1 rings (SSSR count). The lowest BCUT2D eigenvalue weighted by Gasteiger charge is -2.27. The first-order valence-corrected chi connectivity index (χ1v) is 18.2. The molecule has 0 saturated heterocycles. The van der Waals surface area contributed by atoms with Gasteiger partial charge in [-0.1, -0.05) is 44.2 Å². The van der Waals surface area contributed by atoms with E-state index < -0.39 is 103 Å². The van der Waals surface area contributed by atoms with Crippen LogP contribution in [-0.4, -0.2) is 131 Å². The lowest BCUT2D eigenvalue weighted by Crippen LogP contribution is -2.60. The third-order valence-electron chi connectivity index (χ3n) is 8.21. The Balaban J connectivity index is 3.13. The summed E-state index contributed by atoms with van der Waals surface area (Å²) in [5.41, 5.74) is 22.3. The van der Waals surface area contributed by atoms with Gasteiger partial charge in [-0.3, -0.25) is 38.6 Å². The van der Waals surface area contributed by atoms with Crippen molar-refractivity contribution >= 4 is 53.3 Å². The number of guanidine groups is 1. The molecular weight excluding hydrogens is 750 g/mol. The van der Waals surface area contributed by atoms with Crippen molar-refractivity contribution in [3.8, 4) is 0 Å². The van der Waals surface area contributed by atoms with Gasteiger partial charge in [-0.15, -0.1) is 0 Å². The van der Waals surface area contributed by atoms with Crippen LogP contribution in [0.3, 0.4) is 0 Å². The molecule has 0 aromatic heterocycles. The number of carbonyl (C=O) groups excluding carboxylic acids is 7. The first-order valence-electron chi connectivity index (χ1n) is 18.2. The third kappa shape index (κ3) is 19.5. The highest BCUT2D eigenvalue weighted by molar-refractivity contribution is 5.96. The maximum atomic E-state index is 13.7. The lowest BCUT2D eigenvalue weighted by molar-refractivity contribution is -0.141. The molecule has 318 valence electrons. The Morgan fingerprint density at radius 1 is 0.719 bits per heavy atom. The van der Waals surface area contributed by atoms with E-state index in [-0.39, 0.29) is 56.9 Å². The monoisotopic (exact) mass is 807 g/mol.